The summed E-state index contributed by atoms with van der Waals surface area (Å²) >= 11 is 1.76. The molecule has 6 heteroatoms. The van der Waals surface area contributed by atoms with Crippen molar-refractivity contribution in [3.05, 3.63) is 35.9 Å². The lowest BCUT2D eigenvalue weighted by molar-refractivity contribution is -0.134. The first-order chi connectivity index (χ1) is 10.8. The fourth-order valence-corrected chi connectivity index (χ4v) is 3.80. The molecule has 0 N–H and O–H groups in total. The maximum Gasteiger partial charge on any atom is 0.410 e. The summed E-state index contributed by atoms with van der Waals surface area (Å²) in [5, 5.41) is 0. The largest absolute Gasteiger partial charge is 0.445 e. The van der Waals surface area contributed by atoms with E-state index in [1.165, 1.54) is 0 Å². The molecule has 0 spiro atoms. The lowest BCUT2D eigenvalue weighted by Gasteiger charge is -2.26. The van der Waals surface area contributed by atoms with Crippen LogP contribution < -0.4 is 0 Å². The minimum absolute atomic E-state index is 0.0687. The van der Waals surface area contributed by atoms with Crippen LogP contribution in [0.5, 0.6) is 0 Å². The summed E-state index contributed by atoms with van der Waals surface area (Å²) < 4.78 is 5.37. The van der Waals surface area contributed by atoms with Crippen LogP contribution in [0, 0.1) is 0 Å². The number of likely N-dealkylation sites (tertiary alicyclic amines) is 1. The summed E-state index contributed by atoms with van der Waals surface area (Å²) in [6.45, 7) is 1.63. The third-order valence-corrected chi connectivity index (χ3v) is 5.01. The van der Waals surface area contributed by atoms with Gasteiger partial charge in [0.1, 0.15) is 12.6 Å². The molecule has 0 aromatic heterocycles. The molecule has 0 saturated carbocycles. The normalized spacial score (nSPS) is 21.2. The zero-order valence-electron chi connectivity index (χ0n) is 12.4. The highest BCUT2D eigenvalue weighted by molar-refractivity contribution is 7.99. The van der Waals surface area contributed by atoms with Crippen molar-refractivity contribution in [2.45, 2.75) is 25.5 Å². The van der Waals surface area contributed by atoms with Gasteiger partial charge in [-0.05, 0) is 18.4 Å². The van der Waals surface area contributed by atoms with Crippen LogP contribution in [0.4, 0.5) is 4.79 Å². The van der Waals surface area contributed by atoms with E-state index in [4.69, 9.17) is 4.74 Å². The van der Waals surface area contributed by atoms with Gasteiger partial charge in [0, 0.05) is 18.8 Å². The van der Waals surface area contributed by atoms with Crippen LogP contribution >= 0.6 is 11.8 Å². The molecule has 0 bridgehead atoms. The van der Waals surface area contributed by atoms with Crippen LogP contribution in [0.1, 0.15) is 18.4 Å². The van der Waals surface area contributed by atoms with Crippen LogP contribution in [0.2, 0.25) is 0 Å². The number of carbonyl (C=O) groups excluding carboxylic acids is 2. The van der Waals surface area contributed by atoms with Crippen molar-refractivity contribution in [3.63, 3.8) is 0 Å². The van der Waals surface area contributed by atoms with Gasteiger partial charge in [-0.1, -0.05) is 30.3 Å². The van der Waals surface area contributed by atoms with E-state index in [1.807, 2.05) is 35.2 Å². The minimum atomic E-state index is -0.383. The average molecular weight is 320 g/mol. The second-order valence-electron chi connectivity index (χ2n) is 5.53. The van der Waals surface area contributed by atoms with Gasteiger partial charge in [-0.3, -0.25) is 9.69 Å². The van der Waals surface area contributed by atoms with Crippen LogP contribution in [0.25, 0.3) is 0 Å². The van der Waals surface area contributed by atoms with E-state index in [9.17, 15) is 9.59 Å². The lowest BCUT2D eigenvalue weighted by Crippen LogP contribution is -2.47. The molecule has 2 aliphatic rings. The smallest absolute Gasteiger partial charge is 0.410 e. The number of ether oxygens (including phenoxy) is 1. The minimum Gasteiger partial charge on any atom is -0.445 e. The van der Waals surface area contributed by atoms with Crippen molar-refractivity contribution in [2.75, 3.05) is 24.7 Å². The number of nitrogens with zero attached hydrogens (tertiary/aromatic N) is 2. The zero-order valence-corrected chi connectivity index (χ0v) is 13.3. The maximum absolute atomic E-state index is 12.5. The van der Waals surface area contributed by atoms with Crippen molar-refractivity contribution in [1.29, 1.82) is 0 Å². The number of rotatable bonds is 3. The Hall–Kier alpha value is -1.69. The number of carbonyl (C=O) groups is 2. The molecule has 3 rings (SSSR count). The molecule has 5 nitrogen and oxygen atoms in total. The van der Waals surface area contributed by atoms with Gasteiger partial charge in [-0.2, -0.15) is 0 Å². The Kier molecular flexibility index (Phi) is 4.87. The summed E-state index contributed by atoms with van der Waals surface area (Å²) in [7, 11) is 0. The van der Waals surface area contributed by atoms with Crippen molar-refractivity contribution in [1.82, 2.24) is 9.80 Å². The topological polar surface area (TPSA) is 49.9 Å². The molecular weight excluding hydrogens is 300 g/mol. The number of benzene rings is 1. The van der Waals surface area contributed by atoms with E-state index in [0.29, 0.717) is 6.54 Å². The molecule has 2 fully saturated rings. The molecule has 2 amide bonds. The molecular formula is C16H20N2O3S. The quantitative estimate of drug-likeness (QED) is 0.857. The van der Waals surface area contributed by atoms with E-state index in [0.717, 1.165) is 36.6 Å². The van der Waals surface area contributed by atoms with E-state index in [2.05, 4.69) is 0 Å². The Morgan fingerprint density at radius 3 is 2.77 bits per heavy atom. The highest BCUT2D eigenvalue weighted by Crippen LogP contribution is 2.23. The Morgan fingerprint density at radius 2 is 2.05 bits per heavy atom. The van der Waals surface area contributed by atoms with Gasteiger partial charge in [0.2, 0.25) is 5.91 Å². The van der Waals surface area contributed by atoms with E-state index in [-0.39, 0.29) is 24.6 Å². The van der Waals surface area contributed by atoms with Crippen LogP contribution in [0.15, 0.2) is 30.3 Å². The standard InChI is InChI=1S/C16H20N2O3S/c19-15(17-9-10-22-12-17)14-7-4-8-18(14)16(20)21-11-13-5-2-1-3-6-13/h1-3,5-6,14H,4,7-12H2/t14-/m1/s1. The first kappa shape index (κ1) is 15.2. The SMILES string of the molecule is O=C([C@H]1CCCN1C(=O)OCc1ccccc1)N1CCSC1. The first-order valence-electron chi connectivity index (χ1n) is 7.59. The van der Waals surface area contributed by atoms with Gasteiger partial charge in [-0.15, -0.1) is 11.8 Å². The average Bonchev–Trinajstić information content (AvgIpc) is 3.24. The molecule has 1 aromatic rings. The fourth-order valence-electron chi connectivity index (χ4n) is 2.84. The van der Waals surface area contributed by atoms with Crippen molar-refractivity contribution in [3.8, 4) is 0 Å². The molecule has 0 aliphatic carbocycles. The molecule has 1 atom stereocenters. The molecule has 2 saturated heterocycles. The summed E-state index contributed by atoms with van der Waals surface area (Å²) in [4.78, 5) is 28.2. The molecule has 1 aromatic carbocycles. The lowest BCUT2D eigenvalue weighted by atomic mass is 10.2. The molecule has 0 unspecified atom stereocenters. The third kappa shape index (κ3) is 3.38. The second kappa shape index (κ2) is 7.05. The monoisotopic (exact) mass is 320 g/mol. The van der Waals surface area contributed by atoms with E-state index >= 15 is 0 Å². The molecule has 2 heterocycles. The van der Waals surface area contributed by atoms with E-state index in [1.54, 1.807) is 16.7 Å². The Bertz CT molecular complexity index is 531. The van der Waals surface area contributed by atoms with Gasteiger partial charge < -0.3 is 9.64 Å². The Balaban J connectivity index is 1.57. The van der Waals surface area contributed by atoms with Gasteiger partial charge in [-0.25, -0.2) is 4.79 Å². The first-order valence-corrected chi connectivity index (χ1v) is 8.75. The van der Waals surface area contributed by atoms with Crippen molar-refractivity contribution < 1.29 is 14.3 Å². The number of hydrogen-bond donors (Lipinski definition) is 0. The zero-order chi connectivity index (χ0) is 15.4. The van der Waals surface area contributed by atoms with Gasteiger partial charge in [0.05, 0.1) is 5.88 Å². The van der Waals surface area contributed by atoms with Crippen molar-refractivity contribution >= 4 is 23.8 Å². The number of thioether (sulfide) groups is 1. The summed E-state index contributed by atoms with van der Waals surface area (Å²) in [6, 6.07) is 9.24. The van der Waals surface area contributed by atoms with Crippen molar-refractivity contribution in [2.24, 2.45) is 0 Å². The van der Waals surface area contributed by atoms with Crippen LogP contribution in [0.3, 0.4) is 0 Å². The van der Waals surface area contributed by atoms with Crippen LogP contribution in [-0.2, 0) is 16.1 Å². The number of hydrogen-bond acceptors (Lipinski definition) is 4. The molecule has 2 aliphatic heterocycles. The van der Waals surface area contributed by atoms with Gasteiger partial charge >= 0.3 is 6.09 Å². The molecule has 118 valence electrons. The molecule has 0 radical (unpaired) electrons. The summed E-state index contributed by atoms with van der Waals surface area (Å²) in [5.74, 6) is 1.79. The maximum atomic E-state index is 12.5. The predicted molar refractivity (Wildman–Crippen MR) is 85.4 cm³/mol. The van der Waals surface area contributed by atoms with E-state index < -0.39 is 0 Å². The summed E-state index contributed by atoms with van der Waals surface area (Å²) in [6.07, 6.45) is 1.21. The Morgan fingerprint density at radius 1 is 1.23 bits per heavy atom. The summed E-state index contributed by atoms with van der Waals surface area (Å²) in [5.41, 5.74) is 0.953. The predicted octanol–water partition coefficient (Wildman–Crippen LogP) is 2.32. The van der Waals surface area contributed by atoms with Crippen LogP contribution in [-0.4, -0.2) is 52.6 Å². The Labute approximate surface area is 134 Å². The van der Waals surface area contributed by atoms with Gasteiger partial charge in [0.15, 0.2) is 0 Å². The number of amides is 2. The highest BCUT2D eigenvalue weighted by Gasteiger charge is 2.38. The van der Waals surface area contributed by atoms with Gasteiger partial charge in [0.25, 0.3) is 0 Å². The fraction of sp³-hybridized carbons (Fsp3) is 0.500. The second-order valence-corrected chi connectivity index (χ2v) is 6.61. The third-order valence-electron chi connectivity index (χ3n) is 4.04. The highest BCUT2D eigenvalue weighted by atomic mass is 32.2. The molecule has 22 heavy (non-hydrogen) atoms.